The Bertz CT molecular complexity index is 979. The summed E-state index contributed by atoms with van der Waals surface area (Å²) in [4.78, 5) is 25.1. The third kappa shape index (κ3) is 4.79. The lowest BCUT2D eigenvalue weighted by Crippen LogP contribution is -2.14. The minimum absolute atomic E-state index is 0.162. The summed E-state index contributed by atoms with van der Waals surface area (Å²) < 4.78 is 6.82. The zero-order valence-corrected chi connectivity index (χ0v) is 17.4. The van der Waals surface area contributed by atoms with E-state index >= 15 is 0 Å². The van der Waals surface area contributed by atoms with Gasteiger partial charge in [-0.1, -0.05) is 11.8 Å². The van der Waals surface area contributed by atoms with E-state index in [4.69, 9.17) is 4.74 Å². The molecule has 146 valence electrons. The lowest BCUT2D eigenvalue weighted by Gasteiger charge is -2.06. The van der Waals surface area contributed by atoms with Crippen LogP contribution in [0.5, 0.6) is 0 Å². The van der Waals surface area contributed by atoms with Crippen molar-refractivity contribution >= 4 is 40.7 Å². The normalized spacial score (nSPS) is 10.7. The van der Waals surface area contributed by atoms with Gasteiger partial charge >= 0.3 is 5.97 Å². The van der Waals surface area contributed by atoms with Crippen LogP contribution in [0.2, 0.25) is 0 Å². The molecule has 2 aromatic heterocycles. The number of nitrogens with zero attached hydrogens (tertiary/aromatic N) is 3. The second kappa shape index (κ2) is 9.03. The van der Waals surface area contributed by atoms with E-state index in [1.165, 1.54) is 16.6 Å². The van der Waals surface area contributed by atoms with Gasteiger partial charge in [0, 0.05) is 28.6 Å². The molecule has 1 aromatic carbocycles. The second-order valence-electron chi connectivity index (χ2n) is 5.95. The fraction of sp³-hybridized carbons (Fsp3) is 0.263. The van der Waals surface area contributed by atoms with E-state index in [9.17, 15) is 9.59 Å². The van der Waals surface area contributed by atoms with Crippen molar-refractivity contribution in [2.45, 2.75) is 19.0 Å². The summed E-state index contributed by atoms with van der Waals surface area (Å²) in [6.45, 7) is 4.12. The Morgan fingerprint density at radius 2 is 2.00 bits per heavy atom. The highest BCUT2D eigenvalue weighted by Gasteiger charge is 2.14. The Labute approximate surface area is 171 Å². The lowest BCUT2D eigenvalue weighted by atomic mass is 10.2. The highest BCUT2D eigenvalue weighted by molar-refractivity contribution is 7.99. The topological polar surface area (TPSA) is 86.1 Å². The number of aryl methyl sites for hydroxylation is 1. The van der Waals surface area contributed by atoms with Gasteiger partial charge in [0.2, 0.25) is 5.91 Å². The molecular formula is C19H20N4O3S2. The number of thiophene rings is 1. The summed E-state index contributed by atoms with van der Waals surface area (Å²) in [5.74, 6) is 0.440. The Morgan fingerprint density at radius 3 is 2.64 bits per heavy atom. The Balaban J connectivity index is 1.56. The van der Waals surface area contributed by atoms with Crippen molar-refractivity contribution < 1.29 is 14.3 Å². The van der Waals surface area contributed by atoms with E-state index in [1.54, 1.807) is 42.5 Å². The van der Waals surface area contributed by atoms with Crippen molar-refractivity contribution in [3.05, 3.63) is 46.2 Å². The first-order valence-corrected chi connectivity index (χ1v) is 10.5. The molecule has 0 saturated heterocycles. The van der Waals surface area contributed by atoms with Crippen molar-refractivity contribution in [1.82, 2.24) is 14.8 Å². The molecular weight excluding hydrogens is 396 g/mol. The van der Waals surface area contributed by atoms with Crippen molar-refractivity contribution in [3.8, 4) is 11.4 Å². The van der Waals surface area contributed by atoms with Crippen LogP contribution in [-0.2, 0) is 16.6 Å². The minimum Gasteiger partial charge on any atom is -0.462 e. The average molecular weight is 417 g/mol. The molecule has 0 fully saturated rings. The number of thioether (sulfide) groups is 1. The van der Waals surface area contributed by atoms with Gasteiger partial charge in [0.25, 0.3) is 0 Å². The van der Waals surface area contributed by atoms with Crippen molar-refractivity contribution in [3.63, 3.8) is 0 Å². The molecule has 28 heavy (non-hydrogen) atoms. The van der Waals surface area contributed by atoms with Crippen LogP contribution in [0.4, 0.5) is 5.69 Å². The van der Waals surface area contributed by atoms with E-state index in [-0.39, 0.29) is 17.6 Å². The van der Waals surface area contributed by atoms with Crippen molar-refractivity contribution in [1.29, 1.82) is 0 Å². The number of nitrogens with one attached hydrogen (secondary N) is 1. The van der Waals surface area contributed by atoms with Crippen LogP contribution >= 0.6 is 23.1 Å². The number of rotatable bonds is 7. The highest BCUT2D eigenvalue weighted by Crippen LogP contribution is 2.26. The first-order chi connectivity index (χ1) is 13.5. The van der Waals surface area contributed by atoms with E-state index < -0.39 is 0 Å². The molecule has 3 aromatic rings. The molecule has 0 radical (unpaired) electrons. The van der Waals surface area contributed by atoms with Crippen LogP contribution < -0.4 is 5.32 Å². The van der Waals surface area contributed by atoms with Gasteiger partial charge < -0.3 is 14.6 Å². The Kier molecular flexibility index (Phi) is 6.48. The lowest BCUT2D eigenvalue weighted by molar-refractivity contribution is -0.113. The van der Waals surface area contributed by atoms with Crippen molar-refractivity contribution in [2.24, 2.45) is 7.05 Å². The maximum atomic E-state index is 12.2. The number of hydrogen-bond donors (Lipinski definition) is 1. The molecule has 1 N–H and O–H groups in total. The smallest absolute Gasteiger partial charge is 0.338 e. The number of aromatic nitrogens is 3. The zero-order chi connectivity index (χ0) is 20.1. The van der Waals surface area contributed by atoms with Gasteiger partial charge in [-0.15, -0.1) is 21.5 Å². The largest absolute Gasteiger partial charge is 0.462 e. The molecule has 0 atom stereocenters. The number of anilines is 1. The molecule has 2 heterocycles. The summed E-state index contributed by atoms with van der Waals surface area (Å²) in [5.41, 5.74) is 2.09. The van der Waals surface area contributed by atoms with Gasteiger partial charge in [-0.2, -0.15) is 0 Å². The second-order valence-corrected chi connectivity index (χ2v) is 8.00. The van der Waals surface area contributed by atoms with Crippen LogP contribution in [0.3, 0.4) is 0 Å². The SMILES string of the molecule is CCOC(=O)c1ccc(NC(=O)CSc2nnc(-c3csc(C)c3)n2C)cc1. The summed E-state index contributed by atoms with van der Waals surface area (Å²) in [7, 11) is 1.89. The number of carbonyl (C=O) groups is 2. The van der Waals surface area contributed by atoms with Crippen LogP contribution in [0, 0.1) is 6.92 Å². The molecule has 1 amide bonds. The fourth-order valence-corrected chi connectivity index (χ4v) is 3.88. The monoisotopic (exact) mass is 416 g/mol. The number of ether oxygens (including phenoxy) is 1. The number of benzene rings is 1. The molecule has 0 unspecified atom stereocenters. The summed E-state index contributed by atoms with van der Waals surface area (Å²) in [6.07, 6.45) is 0. The zero-order valence-electron chi connectivity index (χ0n) is 15.8. The van der Waals surface area contributed by atoms with Gasteiger partial charge in [-0.05, 0) is 44.2 Å². The number of carbonyl (C=O) groups excluding carboxylic acids is 2. The number of esters is 1. The Hall–Kier alpha value is -2.65. The van der Waals surface area contributed by atoms with Crippen LogP contribution in [-0.4, -0.2) is 39.0 Å². The summed E-state index contributed by atoms with van der Waals surface area (Å²) in [5, 5.41) is 13.9. The van der Waals surface area contributed by atoms with Gasteiger partial charge in [-0.25, -0.2) is 4.79 Å². The predicted molar refractivity (Wildman–Crippen MR) is 111 cm³/mol. The van der Waals surface area contributed by atoms with Gasteiger partial charge in [0.1, 0.15) is 0 Å². The van der Waals surface area contributed by atoms with Gasteiger partial charge in [0.15, 0.2) is 11.0 Å². The molecule has 0 aliphatic rings. The van der Waals surface area contributed by atoms with Gasteiger partial charge in [0.05, 0.1) is 17.9 Å². The van der Waals surface area contributed by atoms with Crippen LogP contribution in [0.25, 0.3) is 11.4 Å². The number of hydrogen-bond acceptors (Lipinski definition) is 7. The third-order valence-electron chi connectivity index (χ3n) is 3.84. The maximum absolute atomic E-state index is 12.2. The van der Waals surface area contributed by atoms with E-state index in [2.05, 4.69) is 21.6 Å². The Morgan fingerprint density at radius 1 is 1.25 bits per heavy atom. The quantitative estimate of drug-likeness (QED) is 0.466. The average Bonchev–Trinajstić information content (AvgIpc) is 3.26. The summed E-state index contributed by atoms with van der Waals surface area (Å²) >= 11 is 2.98. The highest BCUT2D eigenvalue weighted by atomic mass is 32.2. The fourth-order valence-electron chi connectivity index (χ4n) is 2.48. The summed E-state index contributed by atoms with van der Waals surface area (Å²) in [6, 6.07) is 8.66. The molecule has 0 aliphatic heterocycles. The minimum atomic E-state index is -0.380. The van der Waals surface area contributed by atoms with Crippen LogP contribution in [0.1, 0.15) is 22.2 Å². The van der Waals surface area contributed by atoms with E-state index in [1.807, 2.05) is 23.9 Å². The molecule has 7 nitrogen and oxygen atoms in total. The third-order valence-corrected chi connectivity index (χ3v) is 5.72. The molecule has 0 spiro atoms. The van der Waals surface area contributed by atoms with Gasteiger partial charge in [-0.3, -0.25) is 4.79 Å². The molecule has 0 saturated carbocycles. The predicted octanol–water partition coefficient (Wildman–Crippen LogP) is 3.76. The number of amides is 1. The standard InChI is InChI=1S/C19H20N4O3S2/c1-4-26-18(25)13-5-7-15(8-6-13)20-16(24)11-28-19-22-21-17(23(19)3)14-9-12(2)27-10-14/h5-10H,4,11H2,1-3H3,(H,20,24). The molecule has 9 heteroatoms. The first-order valence-electron chi connectivity index (χ1n) is 8.62. The van der Waals surface area contributed by atoms with Crippen LogP contribution in [0.15, 0.2) is 40.9 Å². The molecule has 0 bridgehead atoms. The first kappa shape index (κ1) is 20.1. The maximum Gasteiger partial charge on any atom is 0.338 e. The van der Waals surface area contributed by atoms with Crippen molar-refractivity contribution in [2.75, 3.05) is 17.7 Å². The molecule has 0 aliphatic carbocycles. The molecule has 3 rings (SSSR count). The van der Waals surface area contributed by atoms with E-state index in [0.29, 0.717) is 23.0 Å². The van der Waals surface area contributed by atoms with E-state index in [0.717, 1.165) is 11.4 Å².